The monoisotopic (exact) mass is 221 g/mol. The predicted octanol–water partition coefficient (Wildman–Crippen LogP) is 2.25. The number of nitrogen functional groups attached to an aromatic ring is 1. The summed E-state index contributed by atoms with van der Waals surface area (Å²) in [5, 5.41) is 3.72. The molecular formula is C10H11N3OS. The van der Waals surface area contributed by atoms with Gasteiger partial charge in [-0.2, -0.15) is 4.98 Å². The van der Waals surface area contributed by atoms with Crippen LogP contribution in [0.15, 0.2) is 33.7 Å². The van der Waals surface area contributed by atoms with E-state index in [1.54, 1.807) is 18.7 Å². The maximum atomic E-state index is 5.67. The van der Waals surface area contributed by atoms with Gasteiger partial charge in [0, 0.05) is 10.6 Å². The van der Waals surface area contributed by atoms with Crippen LogP contribution in [-0.2, 0) is 5.75 Å². The Bertz CT molecular complexity index is 455. The molecule has 2 aromatic rings. The number of nitrogens with two attached hydrogens (primary N) is 1. The maximum absolute atomic E-state index is 5.67. The molecule has 0 saturated heterocycles. The zero-order chi connectivity index (χ0) is 10.7. The van der Waals surface area contributed by atoms with Gasteiger partial charge in [-0.1, -0.05) is 11.2 Å². The first kappa shape index (κ1) is 10.0. The van der Waals surface area contributed by atoms with Crippen LogP contribution < -0.4 is 5.73 Å². The van der Waals surface area contributed by atoms with Crippen LogP contribution in [-0.4, -0.2) is 10.1 Å². The Morgan fingerprint density at radius 3 is 3.00 bits per heavy atom. The van der Waals surface area contributed by atoms with Crippen molar-refractivity contribution in [3.63, 3.8) is 0 Å². The second-order valence-corrected chi connectivity index (χ2v) is 4.15. The van der Waals surface area contributed by atoms with Crippen LogP contribution in [0.25, 0.3) is 0 Å². The lowest BCUT2D eigenvalue weighted by molar-refractivity contribution is 0.387. The molecule has 0 bridgehead atoms. The molecule has 0 unspecified atom stereocenters. The summed E-state index contributed by atoms with van der Waals surface area (Å²) in [7, 11) is 0. The van der Waals surface area contributed by atoms with Crippen LogP contribution in [0.1, 0.15) is 11.7 Å². The van der Waals surface area contributed by atoms with E-state index in [2.05, 4.69) is 10.1 Å². The lowest BCUT2D eigenvalue weighted by atomic mass is 10.3. The van der Waals surface area contributed by atoms with Crippen molar-refractivity contribution in [3.05, 3.63) is 36.0 Å². The second kappa shape index (κ2) is 4.35. The van der Waals surface area contributed by atoms with Gasteiger partial charge in [-0.15, -0.1) is 11.8 Å². The molecule has 15 heavy (non-hydrogen) atoms. The summed E-state index contributed by atoms with van der Waals surface area (Å²) in [6.07, 6.45) is 0. The van der Waals surface area contributed by atoms with E-state index < -0.39 is 0 Å². The molecule has 0 spiro atoms. The molecule has 2 N–H and O–H groups in total. The number of hydrogen-bond acceptors (Lipinski definition) is 5. The summed E-state index contributed by atoms with van der Waals surface area (Å²) in [4.78, 5) is 5.22. The van der Waals surface area contributed by atoms with Crippen molar-refractivity contribution >= 4 is 17.4 Å². The first-order valence-corrected chi connectivity index (χ1v) is 5.50. The van der Waals surface area contributed by atoms with Crippen LogP contribution in [0.4, 0.5) is 5.69 Å². The van der Waals surface area contributed by atoms with Gasteiger partial charge in [-0.25, -0.2) is 0 Å². The van der Waals surface area contributed by atoms with Gasteiger partial charge in [0.05, 0.1) is 5.75 Å². The molecule has 0 radical (unpaired) electrons. The third-order valence-electron chi connectivity index (χ3n) is 1.79. The van der Waals surface area contributed by atoms with Crippen molar-refractivity contribution in [1.82, 2.24) is 10.1 Å². The minimum atomic E-state index is 0.639. The van der Waals surface area contributed by atoms with Crippen molar-refractivity contribution in [2.75, 3.05) is 5.73 Å². The predicted molar refractivity (Wildman–Crippen MR) is 59.5 cm³/mol. The Morgan fingerprint density at radius 2 is 2.33 bits per heavy atom. The maximum Gasteiger partial charge on any atom is 0.236 e. The minimum Gasteiger partial charge on any atom is -0.399 e. The summed E-state index contributed by atoms with van der Waals surface area (Å²) in [5.41, 5.74) is 6.43. The SMILES string of the molecule is Cc1noc(CSc2cccc(N)c2)n1. The molecule has 0 fully saturated rings. The first-order chi connectivity index (χ1) is 7.24. The smallest absolute Gasteiger partial charge is 0.236 e. The van der Waals surface area contributed by atoms with Gasteiger partial charge in [0.25, 0.3) is 0 Å². The van der Waals surface area contributed by atoms with E-state index in [0.717, 1.165) is 10.6 Å². The highest BCUT2D eigenvalue weighted by atomic mass is 32.2. The quantitative estimate of drug-likeness (QED) is 0.636. The number of rotatable bonds is 3. The molecule has 2 rings (SSSR count). The van der Waals surface area contributed by atoms with Crippen LogP contribution in [0, 0.1) is 6.92 Å². The number of thioether (sulfide) groups is 1. The van der Waals surface area contributed by atoms with Gasteiger partial charge in [0.1, 0.15) is 0 Å². The Kier molecular flexibility index (Phi) is 2.91. The van der Waals surface area contributed by atoms with Crippen molar-refractivity contribution in [2.24, 2.45) is 0 Å². The highest BCUT2D eigenvalue weighted by Crippen LogP contribution is 2.23. The standard InChI is InChI=1S/C10H11N3OS/c1-7-12-10(14-13-7)6-15-9-4-2-3-8(11)5-9/h2-5H,6,11H2,1H3. The van der Waals surface area contributed by atoms with Crippen molar-refractivity contribution in [2.45, 2.75) is 17.6 Å². The molecule has 1 aromatic carbocycles. The van der Waals surface area contributed by atoms with Crippen molar-refractivity contribution < 1.29 is 4.52 Å². The van der Waals surface area contributed by atoms with Crippen LogP contribution in [0.2, 0.25) is 0 Å². The molecule has 5 heteroatoms. The molecule has 0 atom stereocenters. The molecule has 78 valence electrons. The normalized spacial score (nSPS) is 10.5. The third-order valence-corrected chi connectivity index (χ3v) is 2.77. The highest BCUT2D eigenvalue weighted by Gasteiger charge is 2.03. The summed E-state index contributed by atoms with van der Waals surface area (Å²) in [5.74, 6) is 1.97. The van der Waals surface area contributed by atoms with Crippen molar-refractivity contribution in [3.8, 4) is 0 Å². The van der Waals surface area contributed by atoms with E-state index in [1.165, 1.54) is 0 Å². The fourth-order valence-electron chi connectivity index (χ4n) is 1.15. The van der Waals surface area contributed by atoms with E-state index in [1.807, 2.05) is 24.3 Å². The van der Waals surface area contributed by atoms with Gasteiger partial charge in [-0.05, 0) is 25.1 Å². The Balaban J connectivity index is 1.99. The fourth-order valence-corrected chi connectivity index (χ4v) is 1.95. The summed E-state index contributed by atoms with van der Waals surface area (Å²) >= 11 is 1.62. The number of anilines is 1. The van der Waals surface area contributed by atoms with Gasteiger partial charge >= 0.3 is 0 Å². The zero-order valence-electron chi connectivity index (χ0n) is 8.30. The number of aromatic nitrogens is 2. The summed E-state index contributed by atoms with van der Waals surface area (Å²) < 4.78 is 5.00. The molecule has 0 aliphatic rings. The van der Waals surface area contributed by atoms with E-state index in [0.29, 0.717) is 17.5 Å². The molecule has 0 aliphatic carbocycles. The lowest BCUT2D eigenvalue weighted by Crippen LogP contribution is -1.85. The minimum absolute atomic E-state index is 0.639. The molecule has 1 aromatic heterocycles. The fraction of sp³-hybridized carbons (Fsp3) is 0.200. The second-order valence-electron chi connectivity index (χ2n) is 3.10. The Hall–Kier alpha value is -1.49. The van der Waals surface area contributed by atoms with Gasteiger partial charge in [0.15, 0.2) is 5.82 Å². The van der Waals surface area contributed by atoms with Crippen LogP contribution in [0.3, 0.4) is 0 Å². The molecule has 0 saturated carbocycles. The van der Waals surface area contributed by atoms with Gasteiger partial charge in [0.2, 0.25) is 5.89 Å². The van der Waals surface area contributed by atoms with E-state index in [4.69, 9.17) is 10.3 Å². The lowest BCUT2D eigenvalue weighted by Gasteiger charge is -1.99. The van der Waals surface area contributed by atoms with E-state index in [9.17, 15) is 0 Å². The molecule has 0 aliphatic heterocycles. The van der Waals surface area contributed by atoms with Gasteiger partial charge in [-0.3, -0.25) is 0 Å². The largest absolute Gasteiger partial charge is 0.399 e. The van der Waals surface area contributed by atoms with Crippen LogP contribution in [0.5, 0.6) is 0 Å². The summed E-state index contributed by atoms with van der Waals surface area (Å²) in [6.45, 7) is 1.80. The molecule has 1 heterocycles. The number of hydrogen-bond donors (Lipinski definition) is 1. The highest BCUT2D eigenvalue weighted by molar-refractivity contribution is 7.98. The van der Waals surface area contributed by atoms with Gasteiger partial charge < -0.3 is 10.3 Å². The Morgan fingerprint density at radius 1 is 1.47 bits per heavy atom. The molecule has 4 nitrogen and oxygen atoms in total. The number of aryl methyl sites for hydroxylation is 1. The average Bonchev–Trinajstić information content (AvgIpc) is 2.62. The number of benzene rings is 1. The zero-order valence-corrected chi connectivity index (χ0v) is 9.12. The van der Waals surface area contributed by atoms with E-state index >= 15 is 0 Å². The topological polar surface area (TPSA) is 64.9 Å². The molecule has 0 amide bonds. The average molecular weight is 221 g/mol. The van der Waals surface area contributed by atoms with Crippen molar-refractivity contribution in [1.29, 1.82) is 0 Å². The Labute approximate surface area is 91.9 Å². The number of nitrogens with zero attached hydrogens (tertiary/aromatic N) is 2. The van der Waals surface area contributed by atoms with E-state index in [-0.39, 0.29) is 0 Å². The first-order valence-electron chi connectivity index (χ1n) is 4.51. The molecular weight excluding hydrogens is 210 g/mol. The summed E-state index contributed by atoms with van der Waals surface area (Å²) in [6, 6.07) is 7.72. The van der Waals surface area contributed by atoms with Crippen LogP contribution >= 0.6 is 11.8 Å². The third kappa shape index (κ3) is 2.73.